The molecule has 432 valence electrons. The number of benzene rings is 6. The highest BCUT2D eigenvalue weighted by Gasteiger charge is 2.22. The number of para-hydroxylation sites is 4. The van der Waals surface area contributed by atoms with Gasteiger partial charge in [0.25, 0.3) is 0 Å². The third-order valence-corrected chi connectivity index (χ3v) is 14.0. The standard InChI is InChI=1S/2C13H15N.4C12H14N2/c1-13(2,3)11-8-10-6-4-5-7-12(10)14-9-11;1-13(2,3)12-9-14-8-10-6-4-5-7-11(10)12;1-12(2,3)11-9-6-4-5-7-10(9)13-8-14-11;1-12(2,3)11-8-13-9-6-4-5-7-10(9)14-11;2*1-12(2,3)11-10-7-5-4-6-9(10)8-13-14-11/h2*4-9H,1-3H3;4*4-8H,1-3H3. The van der Waals surface area contributed by atoms with Crippen LogP contribution in [0.1, 0.15) is 159 Å². The summed E-state index contributed by atoms with van der Waals surface area (Å²) in [5.41, 5.74) is 11.5. The highest BCUT2D eigenvalue weighted by Crippen LogP contribution is 2.31. The molecular formula is C74H86N10. The van der Waals surface area contributed by atoms with E-state index >= 15 is 0 Å². The van der Waals surface area contributed by atoms with Crippen LogP contribution in [0, 0.1) is 0 Å². The lowest BCUT2D eigenvalue weighted by Crippen LogP contribution is -2.14. The molecule has 6 aromatic heterocycles. The molecule has 10 nitrogen and oxygen atoms in total. The van der Waals surface area contributed by atoms with E-state index in [1.807, 2.05) is 116 Å². The van der Waals surface area contributed by atoms with Crippen LogP contribution in [0.15, 0.2) is 195 Å². The summed E-state index contributed by atoms with van der Waals surface area (Å²) in [6.07, 6.45) is 13.0. The summed E-state index contributed by atoms with van der Waals surface area (Å²) >= 11 is 0. The largest absolute Gasteiger partial charge is 0.264 e. The van der Waals surface area contributed by atoms with Gasteiger partial charge in [-0.05, 0) is 57.7 Å². The first kappa shape index (κ1) is 63.1. The van der Waals surface area contributed by atoms with Gasteiger partial charge in [0.1, 0.15) is 6.33 Å². The van der Waals surface area contributed by atoms with Crippen molar-refractivity contribution in [3.8, 4) is 0 Å². The van der Waals surface area contributed by atoms with E-state index in [1.54, 1.807) is 6.33 Å². The number of nitrogens with zero attached hydrogens (tertiary/aromatic N) is 10. The van der Waals surface area contributed by atoms with Crippen LogP contribution < -0.4 is 0 Å². The van der Waals surface area contributed by atoms with Gasteiger partial charge in [-0.1, -0.05) is 246 Å². The summed E-state index contributed by atoms with van der Waals surface area (Å²) in [7, 11) is 0. The molecule has 0 spiro atoms. The quantitative estimate of drug-likeness (QED) is 0.145. The SMILES string of the molecule is CC(C)(C)c1cnc2ccccc2c1.CC(C)(C)c1cnc2ccccc2n1.CC(C)(C)c1cncc2ccccc12.CC(C)(C)c1ncnc2ccccc12.CC(C)(C)c1nncc2ccccc12.CC(C)(C)c1nncc2ccccc12. The van der Waals surface area contributed by atoms with E-state index in [4.69, 9.17) is 0 Å². The predicted molar refractivity (Wildman–Crippen MR) is 354 cm³/mol. The molecule has 0 saturated carbocycles. The van der Waals surface area contributed by atoms with E-state index in [2.05, 4.69) is 248 Å². The average Bonchev–Trinajstić information content (AvgIpc) is 3.09. The third kappa shape index (κ3) is 16.8. The fraction of sp³-hybridized carbons (Fsp3) is 0.324. The van der Waals surface area contributed by atoms with Crippen LogP contribution in [-0.4, -0.2) is 50.3 Å². The van der Waals surface area contributed by atoms with Gasteiger partial charge in [0.15, 0.2) is 0 Å². The Balaban J connectivity index is 0.000000145. The highest BCUT2D eigenvalue weighted by molar-refractivity contribution is 5.87. The lowest BCUT2D eigenvalue weighted by molar-refractivity contribution is 0.565. The lowest BCUT2D eigenvalue weighted by Gasteiger charge is -2.20. The Morgan fingerprint density at radius 2 is 0.714 bits per heavy atom. The molecule has 0 atom stereocenters. The number of rotatable bonds is 0. The third-order valence-electron chi connectivity index (χ3n) is 14.0. The normalized spacial score (nSPS) is 11.9. The molecule has 10 heteroatoms. The molecule has 0 bridgehead atoms. The van der Waals surface area contributed by atoms with Crippen LogP contribution in [0.3, 0.4) is 0 Å². The van der Waals surface area contributed by atoms with E-state index in [-0.39, 0.29) is 32.5 Å². The molecule has 6 aromatic carbocycles. The summed E-state index contributed by atoms with van der Waals surface area (Å²) in [5, 5.41) is 26.2. The van der Waals surface area contributed by atoms with Crippen LogP contribution in [0.4, 0.5) is 0 Å². The smallest absolute Gasteiger partial charge is 0.116 e. The van der Waals surface area contributed by atoms with Crippen molar-refractivity contribution in [3.63, 3.8) is 0 Å². The molecule has 0 aliphatic rings. The van der Waals surface area contributed by atoms with Gasteiger partial charge in [-0.15, -0.1) is 0 Å². The van der Waals surface area contributed by atoms with Crippen LogP contribution in [0.5, 0.6) is 0 Å². The second-order valence-electron chi connectivity index (χ2n) is 27.4. The van der Waals surface area contributed by atoms with Crippen molar-refractivity contribution >= 4 is 65.2 Å². The second kappa shape index (κ2) is 26.4. The Bertz CT molecular complexity index is 3620. The molecule has 12 aromatic rings. The van der Waals surface area contributed by atoms with Gasteiger partial charge < -0.3 is 0 Å². The first-order valence-electron chi connectivity index (χ1n) is 29.0. The molecule has 0 saturated heterocycles. The van der Waals surface area contributed by atoms with Crippen molar-refractivity contribution in [2.45, 2.75) is 157 Å². The summed E-state index contributed by atoms with van der Waals surface area (Å²) in [5.74, 6) is 0. The van der Waals surface area contributed by atoms with E-state index in [9.17, 15) is 0 Å². The molecule has 0 N–H and O–H groups in total. The lowest BCUT2D eigenvalue weighted by atomic mass is 9.85. The molecule has 0 radical (unpaired) electrons. The van der Waals surface area contributed by atoms with Gasteiger partial charge >= 0.3 is 0 Å². The number of hydrogen-bond acceptors (Lipinski definition) is 10. The number of fused-ring (bicyclic) bond motifs is 6. The summed E-state index contributed by atoms with van der Waals surface area (Å²) in [4.78, 5) is 26.3. The van der Waals surface area contributed by atoms with Gasteiger partial charge in [0, 0.05) is 84.2 Å². The Labute approximate surface area is 499 Å². The molecule has 0 unspecified atom stereocenters. The van der Waals surface area contributed by atoms with Gasteiger partial charge in [0.2, 0.25) is 0 Å². The average molecular weight is 1120 g/mol. The van der Waals surface area contributed by atoms with Gasteiger partial charge in [0.05, 0.1) is 57.2 Å². The Morgan fingerprint density at radius 1 is 0.286 bits per heavy atom. The van der Waals surface area contributed by atoms with Crippen molar-refractivity contribution in [1.82, 2.24) is 50.3 Å². The Kier molecular flexibility index (Phi) is 19.8. The molecule has 12 rings (SSSR count). The molecule has 6 heterocycles. The minimum atomic E-state index is 0.0495. The maximum Gasteiger partial charge on any atom is 0.116 e. The minimum absolute atomic E-state index is 0.0495. The fourth-order valence-corrected chi connectivity index (χ4v) is 9.28. The molecule has 0 aliphatic heterocycles. The summed E-state index contributed by atoms with van der Waals surface area (Å²) in [6, 6.07) is 51.4. The fourth-order valence-electron chi connectivity index (χ4n) is 9.28. The van der Waals surface area contributed by atoms with E-state index in [1.165, 1.54) is 38.1 Å². The first-order chi connectivity index (χ1) is 39.5. The summed E-state index contributed by atoms with van der Waals surface area (Å²) < 4.78 is 0. The Hall–Kier alpha value is -8.50. The topological polar surface area (TPSA) is 129 Å². The van der Waals surface area contributed by atoms with Gasteiger partial charge in [-0.3, -0.25) is 15.0 Å². The molecule has 0 amide bonds. The first-order valence-corrected chi connectivity index (χ1v) is 29.0. The van der Waals surface area contributed by atoms with E-state index in [0.717, 1.165) is 61.0 Å². The monoisotopic (exact) mass is 1110 g/mol. The number of pyridine rings is 2. The zero-order chi connectivity index (χ0) is 61.1. The van der Waals surface area contributed by atoms with Crippen LogP contribution in [0.2, 0.25) is 0 Å². The summed E-state index contributed by atoms with van der Waals surface area (Å²) in [6.45, 7) is 39.2. The molecule has 84 heavy (non-hydrogen) atoms. The Morgan fingerprint density at radius 3 is 1.21 bits per heavy atom. The predicted octanol–water partition coefficient (Wildman–Crippen LogP) is 18.8. The van der Waals surface area contributed by atoms with Crippen molar-refractivity contribution in [1.29, 1.82) is 0 Å². The highest BCUT2D eigenvalue weighted by atomic mass is 15.1. The van der Waals surface area contributed by atoms with Gasteiger partial charge in [-0.25, -0.2) is 15.0 Å². The van der Waals surface area contributed by atoms with Crippen molar-refractivity contribution in [2.24, 2.45) is 0 Å². The second-order valence-corrected chi connectivity index (χ2v) is 27.4. The van der Waals surface area contributed by atoms with Gasteiger partial charge in [-0.2, -0.15) is 20.4 Å². The van der Waals surface area contributed by atoms with Crippen LogP contribution >= 0.6 is 0 Å². The number of hydrogen-bond donors (Lipinski definition) is 0. The van der Waals surface area contributed by atoms with Crippen molar-refractivity contribution in [3.05, 3.63) is 229 Å². The number of aromatic nitrogens is 10. The van der Waals surface area contributed by atoms with Crippen molar-refractivity contribution in [2.75, 3.05) is 0 Å². The zero-order valence-corrected chi connectivity index (χ0v) is 52.9. The van der Waals surface area contributed by atoms with Crippen LogP contribution in [0.25, 0.3) is 65.2 Å². The van der Waals surface area contributed by atoms with Crippen LogP contribution in [-0.2, 0) is 32.5 Å². The maximum atomic E-state index is 4.58. The van der Waals surface area contributed by atoms with E-state index in [0.29, 0.717) is 0 Å². The van der Waals surface area contributed by atoms with E-state index < -0.39 is 0 Å². The molecule has 0 fully saturated rings. The molecule has 0 aliphatic carbocycles. The van der Waals surface area contributed by atoms with Crippen molar-refractivity contribution < 1.29 is 0 Å². The molecular weight excluding hydrogens is 1030 g/mol. The minimum Gasteiger partial charge on any atom is -0.264 e. The zero-order valence-electron chi connectivity index (χ0n) is 52.9. The maximum absolute atomic E-state index is 4.58.